The number of nitrogens with zero attached hydrogens (tertiary/aromatic N) is 2. The van der Waals surface area contributed by atoms with E-state index in [1.807, 2.05) is 23.1 Å². The van der Waals surface area contributed by atoms with Crippen LogP contribution in [0.4, 0.5) is 4.79 Å². The van der Waals surface area contributed by atoms with E-state index in [1.165, 1.54) is 12.8 Å². The molecule has 1 heterocycles. The summed E-state index contributed by atoms with van der Waals surface area (Å²) in [5.41, 5.74) is 1.62. The monoisotopic (exact) mass is 368 g/mol. The summed E-state index contributed by atoms with van der Waals surface area (Å²) < 4.78 is 0. The Morgan fingerprint density at radius 1 is 1.19 bits per heavy atom. The number of nitrogens with one attached hydrogen (secondary N) is 2. The molecule has 1 aliphatic carbocycles. The van der Waals surface area contributed by atoms with E-state index in [-0.39, 0.29) is 24.0 Å². The number of rotatable bonds is 4. The molecule has 27 heavy (non-hydrogen) atoms. The number of amides is 3. The molecule has 0 aromatic heterocycles. The van der Waals surface area contributed by atoms with Gasteiger partial charge in [-0.25, -0.2) is 4.79 Å². The van der Waals surface area contributed by atoms with E-state index in [1.54, 1.807) is 13.0 Å². The van der Waals surface area contributed by atoms with Crippen molar-refractivity contribution in [3.05, 3.63) is 35.4 Å². The summed E-state index contributed by atoms with van der Waals surface area (Å²) in [6.45, 7) is 2.97. The zero-order valence-electron chi connectivity index (χ0n) is 15.9. The molecule has 6 heteroatoms. The second-order valence-electron chi connectivity index (χ2n) is 7.66. The minimum Gasteiger partial charge on any atom is -0.343 e. The van der Waals surface area contributed by atoms with Crippen LogP contribution < -0.4 is 10.6 Å². The normalized spacial score (nSPS) is 19.3. The van der Waals surface area contributed by atoms with Gasteiger partial charge in [-0.2, -0.15) is 5.26 Å². The lowest BCUT2D eigenvalue weighted by Gasteiger charge is -2.32. The molecule has 0 bridgehead atoms. The van der Waals surface area contributed by atoms with Crippen LogP contribution in [0.3, 0.4) is 0 Å². The lowest BCUT2D eigenvalue weighted by Crippen LogP contribution is -2.49. The highest BCUT2D eigenvalue weighted by Gasteiger charge is 2.29. The number of urea groups is 1. The first-order chi connectivity index (χ1) is 13.1. The number of hydrogen-bond donors (Lipinski definition) is 2. The van der Waals surface area contributed by atoms with E-state index in [4.69, 9.17) is 0 Å². The predicted molar refractivity (Wildman–Crippen MR) is 103 cm³/mol. The van der Waals surface area contributed by atoms with Crippen LogP contribution in [-0.2, 0) is 4.79 Å². The second kappa shape index (κ2) is 8.90. The van der Waals surface area contributed by atoms with Crippen LogP contribution in [0.25, 0.3) is 0 Å². The molecule has 3 rings (SSSR count). The van der Waals surface area contributed by atoms with Crippen LogP contribution in [-0.4, -0.2) is 36.0 Å². The first kappa shape index (κ1) is 19.2. The Morgan fingerprint density at radius 2 is 1.89 bits per heavy atom. The predicted octanol–water partition coefficient (Wildman–Crippen LogP) is 3.10. The van der Waals surface area contributed by atoms with Crippen LogP contribution in [0.15, 0.2) is 24.3 Å². The summed E-state index contributed by atoms with van der Waals surface area (Å²) in [7, 11) is 0. The molecule has 2 N–H and O–H groups in total. The van der Waals surface area contributed by atoms with Gasteiger partial charge in [-0.3, -0.25) is 4.79 Å². The molecule has 6 nitrogen and oxygen atoms in total. The van der Waals surface area contributed by atoms with E-state index >= 15 is 0 Å². The molecule has 1 aromatic carbocycles. The number of nitriles is 1. The van der Waals surface area contributed by atoms with E-state index in [0.29, 0.717) is 24.6 Å². The fourth-order valence-electron chi connectivity index (χ4n) is 4.27. The van der Waals surface area contributed by atoms with Crippen molar-refractivity contribution in [3.63, 3.8) is 0 Å². The van der Waals surface area contributed by atoms with Crippen molar-refractivity contribution in [1.29, 1.82) is 5.26 Å². The molecule has 0 unspecified atom stereocenters. The molecular weight excluding hydrogens is 340 g/mol. The molecule has 1 atom stereocenters. The van der Waals surface area contributed by atoms with Crippen LogP contribution >= 0.6 is 0 Å². The smallest absolute Gasteiger partial charge is 0.315 e. The average molecular weight is 368 g/mol. The van der Waals surface area contributed by atoms with Crippen molar-refractivity contribution in [2.75, 3.05) is 13.1 Å². The molecule has 2 aliphatic rings. The summed E-state index contributed by atoms with van der Waals surface area (Å²) >= 11 is 0. The van der Waals surface area contributed by atoms with Crippen LogP contribution in [0.5, 0.6) is 0 Å². The van der Waals surface area contributed by atoms with E-state index in [9.17, 15) is 14.9 Å². The Labute approximate surface area is 160 Å². The Morgan fingerprint density at radius 3 is 2.52 bits per heavy atom. The summed E-state index contributed by atoms with van der Waals surface area (Å²) in [5.74, 6) is 0.501. The maximum atomic E-state index is 12.7. The molecular formula is C21H28N4O2. The highest BCUT2D eigenvalue weighted by Crippen LogP contribution is 2.36. The van der Waals surface area contributed by atoms with Gasteiger partial charge in [0.25, 0.3) is 0 Å². The van der Waals surface area contributed by atoms with Gasteiger partial charge in [0, 0.05) is 26.1 Å². The summed E-state index contributed by atoms with van der Waals surface area (Å²) in [6, 6.07) is 9.60. The average Bonchev–Trinajstić information content (AvgIpc) is 3.21. The van der Waals surface area contributed by atoms with Gasteiger partial charge >= 0.3 is 6.03 Å². The third-order valence-corrected chi connectivity index (χ3v) is 5.81. The van der Waals surface area contributed by atoms with Gasteiger partial charge < -0.3 is 15.5 Å². The van der Waals surface area contributed by atoms with Crippen molar-refractivity contribution in [1.82, 2.24) is 15.5 Å². The first-order valence-electron chi connectivity index (χ1n) is 9.89. The highest BCUT2D eigenvalue weighted by molar-refractivity contribution is 5.75. The molecule has 3 amide bonds. The van der Waals surface area contributed by atoms with Gasteiger partial charge in [0.1, 0.15) is 0 Å². The Hall–Kier alpha value is -2.55. The highest BCUT2D eigenvalue weighted by atomic mass is 16.2. The van der Waals surface area contributed by atoms with Gasteiger partial charge in [0.15, 0.2) is 0 Å². The summed E-state index contributed by atoms with van der Waals surface area (Å²) in [4.78, 5) is 25.9. The zero-order valence-corrected chi connectivity index (χ0v) is 15.9. The fourth-order valence-corrected chi connectivity index (χ4v) is 4.27. The first-order valence-corrected chi connectivity index (χ1v) is 9.89. The van der Waals surface area contributed by atoms with Gasteiger partial charge in [-0.15, -0.1) is 0 Å². The number of carbonyl (C=O) groups is 2. The molecule has 1 saturated heterocycles. The van der Waals surface area contributed by atoms with Gasteiger partial charge in [0.05, 0.1) is 17.7 Å². The maximum Gasteiger partial charge on any atom is 0.315 e. The Balaban J connectivity index is 1.63. The third-order valence-electron chi connectivity index (χ3n) is 5.81. The van der Waals surface area contributed by atoms with Crippen LogP contribution in [0.1, 0.15) is 62.6 Å². The maximum absolute atomic E-state index is 12.7. The third kappa shape index (κ3) is 5.00. The van der Waals surface area contributed by atoms with Crippen LogP contribution in [0.2, 0.25) is 0 Å². The summed E-state index contributed by atoms with van der Waals surface area (Å²) in [5, 5.41) is 15.4. The Bertz CT molecular complexity index is 713. The quantitative estimate of drug-likeness (QED) is 0.856. The number of carbonyl (C=O) groups excluding carboxylic acids is 2. The van der Waals surface area contributed by atoms with Gasteiger partial charge in [-0.1, -0.05) is 25.0 Å². The zero-order chi connectivity index (χ0) is 19.2. The lowest BCUT2D eigenvalue weighted by molar-refractivity contribution is -0.129. The number of benzene rings is 1. The van der Waals surface area contributed by atoms with Crippen LogP contribution in [0, 0.1) is 17.2 Å². The fraction of sp³-hybridized carbons (Fsp3) is 0.571. The van der Waals surface area contributed by atoms with Gasteiger partial charge in [-0.05, 0) is 49.3 Å². The van der Waals surface area contributed by atoms with E-state index in [2.05, 4.69) is 16.7 Å². The van der Waals surface area contributed by atoms with Crippen molar-refractivity contribution >= 4 is 11.9 Å². The largest absolute Gasteiger partial charge is 0.343 e. The lowest BCUT2D eigenvalue weighted by atomic mass is 9.91. The van der Waals surface area contributed by atoms with Crippen molar-refractivity contribution in [2.45, 2.75) is 57.5 Å². The molecule has 1 aliphatic heterocycles. The minimum absolute atomic E-state index is 0.0712. The number of hydrogen-bond acceptors (Lipinski definition) is 3. The Kier molecular flexibility index (Phi) is 6.33. The second-order valence-corrected chi connectivity index (χ2v) is 7.66. The summed E-state index contributed by atoms with van der Waals surface area (Å²) in [6.07, 6.45) is 6.13. The molecule has 0 spiro atoms. The minimum atomic E-state index is -0.157. The van der Waals surface area contributed by atoms with Gasteiger partial charge in [0.2, 0.25) is 5.91 Å². The van der Waals surface area contributed by atoms with E-state index < -0.39 is 0 Å². The van der Waals surface area contributed by atoms with Crippen molar-refractivity contribution in [2.24, 2.45) is 5.92 Å². The van der Waals surface area contributed by atoms with Crippen molar-refractivity contribution in [3.8, 4) is 6.07 Å². The SMILES string of the molecule is CC(=O)N1CCC(NC(=O)N[C@H](c2cccc(C#N)c2)C2CCCC2)CC1. The number of likely N-dealkylation sites (tertiary alicyclic amines) is 1. The molecule has 2 fully saturated rings. The molecule has 1 saturated carbocycles. The topological polar surface area (TPSA) is 85.2 Å². The molecule has 0 radical (unpaired) electrons. The standard InChI is InChI=1S/C21H28N4O2/c1-15(26)25-11-9-19(10-12-25)23-21(27)24-20(17-6-2-3-7-17)18-8-4-5-16(13-18)14-22/h4-5,8,13,17,19-20H,2-3,6-7,9-12H2,1H3,(H2,23,24,27)/t20-/m0/s1. The molecule has 144 valence electrons. The number of piperidine rings is 1. The van der Waals surface area contributed by atoms with Crippen molar-refractivity contribution < 1.29 is 9.59 Å². The van der Waals surface area contributed by atoms with E-state index in [0.717, 1.165) is 31.2 Å². The molecule has 1 aromatic rings.